The van der Waals surface area contributed by atoms with Gasteiger partial charge in [0.1, 0.15) is 6.61 Å². The number of ether oxygens (including phenoxy) is 3. The molecule has 0 bridgehead atoms. The molecule has 1 aliphatic heterocycles. The SMILES string of the molecule is NSC(=S)N1CCOCC[O+]CCN(C(=S)SN)CC[O+]CC1. The Labute approximate surface area is 157 Å². The molecule has 0 unspecified atom stereocenters. The van der Waals surface area contributed by atoms with Crippen LogP contribution in [0, 0.1) is 0 Å². The number of hydrogen-bond acceptors (Lipinski definition) is 9. The molecule has 4 N–H and O–H groups in total. The number of rotatable bonds is 0. The van der Waals surface area contributed by atoms with Gasteiger partial charge in [-0.2, -0.15) is 0 Å². The van der Waals surface area contributed by atoms with Gasteiger partial charge in [0.15, 0.2) is 8.64 Å². The lowest BCUT2D eigenvalue weighted by molar-refractivity contribution is 0.0413. The minimum atomic E-state index is 0.545. The van der Waals surface area contributed by atoms with Crippen LogP contribution in [0.15, 0.2) is 0 Å². The molecule has 1 rings (SSSR count). The van der Waals surface area contributed by atoms with Gasteiger partial charge in [0.2, 0.25) is 26.4 Å². The largest absolute Gasteiger partial charge is 0.371 e. The molecule has 23 heavy (non-hydrogen) atoms. The zero-order chi connectivity index (χ0) is 16.9. The smallest absolute Gasteiger partial charge is 0.243 e. The molecule has 11 heteroatoms. The second-order valence-electron chi connectivity index (χ2n) is 4.58. The van der Waals surface area contributed by atoms with Crippen LogP contribution >= 0.6 is 48.3 Å². The molecular weight excluding hydrogens is 376 g/mol. The van der Waals surface area contributed by atoms with Gasteiger partial charge in [-0.15, -0.1) is 9.47 Å². The van der Waals surface area contributed by atoms with E-state index in [1.807, 2.05) is 9.80 Å². The van der Waals surface area contributed by atoms with E-state index in [0.717, 1.165) is 23.9 Å². The molecule has 0 atom stereocenters. The van der Waals surface area contributed by atoms with Crippen molar-refractivity contribution in [2.24, 2.45) is 10.3 Å². The van der Waals surface area contributed by atoms with Crippen LogP contribution in [-0.2, 0) is 14.2 Å². The molecule has 1 saturated heterocycles. The summed E-state index contributed by atoms with van der Waals surface area (Å²) in [5.41, 5.74) is 0. The van der Waals surface area contributed by atoms with Crippen LogP contribution in [0.5, 0.6) is 0 Å². The van der Waals surface area contributed by atoms with Crippen molar-refractivity contribution < 1.29 is 14.2 Å². The molecule has 0 aromatic heterocycles. The Bertz CT molecular complexity index is 333. The predicted octanol–water partition coefficient (Wildman–Crippen LogP) is 0.437. The van der Waals surface area contributed by atoms with E-state index >= 15 is 0 Å². The van der Waals surface area contributed by atoms with Crippen molar-refractivity contribution in [2.75, 3.05) is 65.8 Å². The van der Waals surface area contributed by atoms with Crippen molar-refractivity contribution in [3.05, 3.63) is 0 Å². The Morgan fingerprint density at radius 2 is 1.26 bits per heavy atom. The third-order valence-electron chi connectivity index (χ3n) is 3.11. The number of hydrogen-bond donors (Lipinski definition) is 2. The lowest BCUT2D eigenvalue weighted by Crippen LogP contribution is -2.36. The zero-order valence-electron chi connectivity index (χ0n) is 13.0. The van der Waals surface area contributed by atoms with Gasteiger partial charge in [-0.1, -0.05) is 24.4 Å². The van der Waals surface area contributed by atoms with Crippen LogP contribution < -0.4 is 10.3 Å². The standard InChI is InChI=1S/C12H24N4O3S4/c13-22-11(20)15-1-5-17-6-2-16(12(21)23-14)4-8-19-10-9-18-7-3-15/h1-10,13-14H2/q+2. The van der Waals surface area contributed by atoms with Gasteiger partial charge in [0.05, 0.1) is 26.2 Å². The Balaban J connectivity index is 2.50. The first-order chi connectivity index (χ1) is 11.2. The molecule has 2 radical (unpaired) electrons. The van der Waals surface area contributed by atoms with E-state index in [1.54, 1.807) is 0 Å². The summed E-state index contributed by atoms with van der Waals surface area (Å²) in [5, 5.41) is 11.1. The van der Waals surface area contributed by atoms with Gasteiger partial charge in [0, 0.05) is 6.54 Å². The van der Waals surface area contributed by atoms with Crippen molar-refractivity contribution in [2.45, 2.75) is 0 Å². The van der Waals surface area contributed by atoms with Crippen molar-refractivity contribution >= 4 is 57.0 Å². The number of thiocarbonyl (C=S) groups is 2. The fourth-order valence-electron chi connectivity index (χ4n) is 1.86. The van der Waals surface area contributed by atoms with Crippen molar-refractivity contribution in [1.29, 1.82) is 0 Å². The third-order valence-corrected chi connectivity index (χ3v) is 5.13. The Morgan fingerprint density at radius 1 is 0.783 bits per heavy atom. The normalized spacial score (nSPS) is 19.7. The van der Waals surface area contributed by atoms with Crippen LogP contribution in [0.3, 0.4) is 0 Å². The Morgan fingerprint density at radius 3 is 1.78 bits per heavy atom. The molecule has 0 saturated carbocycles. The highest BCUT2D eigenvalue weighted by atomic mass is 32.2. The first-order valence-corrected chi connectivity index (χ1v) is 9.81. The highest BCUT2D eigenvalue weighted by Gasteiger charge is 2.18. The molecule has 132 valence electrons. The van der Waals surface area contributed by atoms with E-state index in [4.69, 9.17) is 48.9 Å². The van der Waals surface area contributed by atoms with Gasteiger partial charge in [-0.25, -0.2) is 0 Å². The van der Waals surface area contributed by atoms with E-state index in [2.05, 4.69) is 0 Å². The average molecular weight is 401 g/mol. The molecular formula is C12H24N4O3S4+2. The number of nitrogens with zero attached hydrogens (tertiary/aromatic N) is 2. The summed E-state index contributed by atoms with van der Waals surface area (Å²) in [7, 11) is 0. The summed E-state index contributed by atoms with van der Waals surface area (Å²) in [5.74, 6) is 0. The van der Waals surface area contributed by atoms with Gasteiger partial charge in [-0.3, -0.25) is 10.3 Å². The van der Waals surface area contributed by atoms with Crippen molar-refractivity contribution in [3.8, 4) is 0 Å². The maximum absolute atomic E-state index is 5.68. The monoisotopic (exact) mass is 400 g/mol. The molecule has 0 spiro atoms. The predicted molar refractivity (Wildman–Crippen MR) is 104 cm³/mol. The lowest BCUT2D eigenvalue weighted by atomic mass is 10.5. The molecule has 1 fully saturated rings. The average Bonchev–Trinajstić information content (AvgIpc) is 2.58. The van der Waals surface area contributed by atoms with Crippen LogP contribution in [0.1, 0.15) is 0 Å². The van der Waals surface area contributed by atoms with Gasteiger partial charge >= 0.3 is 0 Å². The van der Waals surface area contributed by atoms with E-state index in [-0.39, 0.29) is 0 Å². The Kier molecular flexibility index (Phi) is 12.6. The van der Waals surface area contributed by atoms with Crippen LogP contribution in [-0.4, -0.2) is 84.3 Å². The summed E-state index contributed by atoms with van der Waals surface area (Å²) in [6.45, 7) is 6.10. The topological polar surface area (TPSA) is 90.3 Å². The minimum Gasteiger partial charge on any atom is -0.371 e. The van der Waals surface area contributed by atoms with Crippen LogP contribution in [0.2, 0.25) is 0 Å². The summed E-state index contributed by atoms with van der Waals surface area (Å²) in [4.78, 5) is 3.97. The summed E-state index contributed by atoms with van der Waals surface area (Å²) >= 11 is 12.6. The highest BCUT2D eigenvalue weighted by Crippen LogP contribution is 2.04. The lowest BCUT2D eigenvalue weighted by Gasteiger charge is -2.21. The Hall–Kier alpha value is 0.280. The molecule has 0 aliphatic carbocycles. The van der Waals surface area contributed by atoms with E-state index < -0.39 is 0 Å². The molecule has 1 heterocycles. The van der Waals surface area contributed by atoms with E-state index in [9.17, 15) is 0 Å². The maximum Gasteiger partial charge on any atom is 0.243 e. The molecule has 1 aliphatic rings. The fourth-order valence-corrected chi connectivity index (χ4v) is 2.89. The van der Waals surface area contributed by atoms with E-state index in [1.165, 1.54) is 0 Å². The highest BCUT2D eigenvalue weighted by molar-refractivity contribution is 8.21. The third kappa shape index (κ3) is 9.37. The number of nitrogens with two attached hydrogens (primary N) is 2. The molecule has 7 nitrogen and oxygen atoms in total. The van der Waals surface area contributed by atoms with E-state index in [0.29, 0.717) is 74.5 Å². The molecule has 0 aromatic rings. The van der Waals surface area contributed by atoms with Gasteiger partial charge in [-0.05, 0) is 23.9 Å². The van der Waals surface area contributed by atoms with Crippen LogP contribution in [0.25, 0.3) is 0 Å². The van der Waals surface area contributed by atoms with Gasteiger partial charge in [0.25, 0.3) is 0 Å². The second-order valence-corrected chi connectivity index (χ2v) is 7.11. The zero-order valence-corrected chi connectivity index (χ0v) is 16.2. The summed E-state index contributed by atoms with van der Waals surface area (Å²) in [6.07, 6.45) is 0. The minimum absolute atomic E-state index is 0.545. The van der Waals surface area contributed by atoms with Crippen molar-refractivity contribution in [1.82, 2.24) is 9.80 Å². The molecule has 0 aromatic carbocycles. The van der Waals surface area contributed by atoms with Crippen LogP contribution in [0.4, 0.5) is 0 Å². The van der Waals surface area contributed by atoms with Crippen molar-refractivity contribution in [3.63, 3.8) is 0 Å². The maximum atomic E-state index is 5.68. The quantitative estimate of drug-likeness (QED) is 0.337. The fraction of sp³-hybridized carbons (Fsp3) is 0.833. The molecule has 0 amide bonds. The summed E-state index contributed by atoms with van der Waals surface area (Å²) < 4.78 is 18.1. The second kappa shape index (κ2) is 13.6. The first-order valence-electron chi connectivity index (χ1n) is 7.23. The van der Waals surface area contributed by atoms with Gasteiger partial charge < -0.3 is 14.5 Å². The first kappa shape index (κ1) is 21.3. The summed E-state index contributed by atoms with van der Waals surface area (Å²) in [6, 6.07) is 0.